The number of hydrazine groups is 1. The van der Waals surface area contributed by atoms with Gasteiger partial charge in [0.1, 0.15) is 6.04 Å². The first-order chi connectivity index (χ1) is 13.0. The first-order valence-electron chi connectivity index (χ1n) is 9.36. The molecule has 4 rings (SSSR count). The highest BCUT2D eigenvalue weighted by molar-refractivity contribution is 5.83. The van der Waals surface area contributed by atoms with Gasteiger partial charge >= 0.3 is 0 Å². The monoisotopic (exact) mass is 367 g/mol. The molecular weight excluding hydrogens is 342 g/mol. The third kappa shape index (κ3) is 3.63. The van der Waals surface area contributed by atoms with Gasteiger partial charge in [-0.3, -0.25) is 15.2 Å². The van der Waals surface area contributed by atoms with E-state index < -0.39 is 0 Å². The standard InChI is InChI=1S/C19H25N7O/c1-11(2)6-13-7-15(25-24-13)18(27)26-9-14-16(10-26)22-19(20)23-17(14)12-4-3-5-21-8-12/h3-5,8,11,13,15,24-25H,6-7,9-10H2,1-2H3,(H2,20,22,23). The molecule has 2 atom stereocenters. The van der Waals surface area contributed by atoms with Crippen LogP contribution in [-0.4, -0.2) is 37.8 Å². The fourth-order valence-corrected chi connectivity index (χ4v) is 3.90. The fourth-order valence-electron chi connectivity index (χ4n) is 3.90. The minimum absolute atomic E-state index is 0.0856. The molecule has 4 heterocycles. The van der Waals surface area contributed by atoms with Crippen LogP contribution in [0.4, 0.5) is 5.95 Å². The van der Waals surface area contributed by atoms with Gasteiger partial charge in [0.15, 0.2) is 0 Å². The number of nitrogen functional groups attached to an aromatic ring is 1. The van der Waals surface area contributed by atoms with Gasteiger partial charge in [0.25, 0.3) is 0 Å². The predicted octanol–water partition coefficient (Wildman–Crippen LogP) is 1.24. The molecule has 1 amide bonds. The number of hydrogen-bond donors (Lipinski definition) is 3. The van der Waals surface area contributed by atoms with Crippen LogP contribution >= 0.6 is 0 Å². The summed E-state index contributed by atoms with van der Waals surface area (Å²) in [6.45, 7) is 5.33. The van der Waals surface area contributed by atoms with Gasteiger partial charge in [-0.25, -0.2) is 15.4 Å². The molecule has 27 heavy (non-hydrogen) atoms. The summed E-state index contributed by atoms with van der Waals surface area (Å²) in [4.78, 5) is 27.8. The zero-order chi connectivity index (χ0) is 19.0. The number of rotatable bonds is 4. The summed E-state index contributed by atoms with van der Waals surface area (Å²) in [6, 6.07) is 3.92. The van der Waals surface area contributed by atoms with Gasteiger partial charge in [-0.2, -0.15) is 0 Å². The van der Waals surface area contributed by atoms with Crippen molar-refractivity contribution < 1.29 is 4.79 Å². The van der Waals surface area contributed by atoms with E-state index in [1.807, 2.05) is 17.0 Å². The number of fused-ring (bicyclic) bond motifs is 1. The number of aromatic nitrogens is 3. The molecule has 1 saturated heterocycles. The van der Waals surface area contributed by atoms with E-state index in [0.717, 1.165) is 35.4 Å². The Labute approximate surface area is 158 Å². The molecule has 142 valence electrons. The number of hydrogen-bond acceptors (Lipinski definition) is 7. The maximum atomic E-state index is 13.0. The molecule has 0 aromatic carbocycles. The molecule has 4 N–H and O–H groups in total. The molecule has 0 radical (unpaired) electrons. The van der Waals surface area contributed by atoms with Crippen molar-refractivity contribution in [2.75, 3.05) is 5.73 Å². The smallest absolute Gasteiger partial charge is 0.241 e. The van der Waals surface area contributed by atoms with E-state index in [2.05, 4.69) is 39.7 Å². The maximum Gasteiger partial charge on any atom is 0.241 e. The van der Waals surface area contributed by atoms with E-state index >= 15 is 0 Å². The van der Waals surface area contributed by atoms with Crippen LogP contribution in [0.15, 0.2) is 24.5 Å². The summed E-state index contributed by atoms with van der Waals surface area (Å²) in [7, 11) is 0. The lowest BCUT2D eigenvalue weighted by molar-refractivity contribution is -0.133. The second kappa shape index (κ2) is 7.21. The predicted molar refractivity (Wildman–Crippen MR) is 102 cm³/mol. The largest absolute Gasteiger partial charge is 0.368 e. The molecule has 2 aliphatic rings. The van der Waals surface area contributed by atoms with Crippen LogP contribution in [0.5, 0.6) is 0 Å². The van der Waals surface area contributed by atoms with Crippen molar-refractivity contribution in [3.8, 4) is 11.3 Å². The Balaban J connectivity index is 1.52. The third-order valence-electron chi connectivity index (χ3n) is 5.08. The van der Waals surface area contributed by atoms with Gasteiger partial charge < -0.3 is 10.6 Å². The van der Waals surface area contributed by atoms with Crippen molar-refractivity contribution in [1.29, 1.82) is 0 Å². The van der Waals surface area contributed by atoms with Crippen LogP contribution in [-0.2, 0) is 17.9 Å². The van der Waals surface area contributed by atoms with Gasteiger partial charge in [0, 0.05) is 29.6 Å². The summed E-state index contributed by atoms with van der Waals surface area (Å²) < 4.78 is 0. The van der Waals surface area contributed by atoms with Gasteiger partial charge in [-0.1, -0.05) is 13.8 Å². The number of amides is 1. The number of nitrogens with one attached hydrogen (secondary N) is 2. The fraction of sp³-hybridized carbons (Fsp3) is 0.474. The Morgan fingerprint density at radius 2 is 2.19 bits per heavy atom. The SMILES string of the molecule is CC(C)CC1CC(C(=O)N2Cc3nc(N)nc(-c4cccnc4)c3C2)NN1. The third-order valence-corrected chi connectivity index (χ3v) is 5.08. The van der Waals surface area contributed by atoms with E-state index in [-0.39, 0.29) is 17.9 Å². The molecule has 2 aliphatic heterocycles. The van der Waals surface area contributed by atoms with Gasteiger partial charge in [0.05, 0.1) is 24.5 Å². The van der Waals surface area contributed by atoms with E-state index in [1.165, 1.54) is 0 Å². The summed E-state index contributed by atoms with van der Waals surface area (Å²) in [5, 5.41) is 0. The molecular formula is C19H25N7O. The van der Waals surface area contributed by atoms with Crippen LogP contribution < -0.4 is 16.6 Å². The highest BCUT2D eigenvalue weighted by atomic mass is 16.2. The molecule has 8 heteroatoms. The zero-order valence-electron chi connectivity index (χ0n) is 15.6. The molecule has 2 aromatic heterocycles. The normalized spacial score (nSPS) is 21.7. The summed E-state index contributed by atoms with van der Waals surface area (Å²) >= 11 is 0. The lowest BCUT2D eigenvalue weighted by atomic mass is 9.99. The van der Waals surface area contributed by atoms with Crippen molar-refractivity contribution in [1.82, 2.24) is 30.7 Å². The first-order valence-corrected chi connectivity index (χ1v) is 9.36. The molecule has 0 spiro atoms. The minimum atomic E-state index is -0.213. The molecule has 0 aliphatic carbocycles. The van der Waals surface area contributed by atoms with Gasteiger partial charge in [-0.15, -0.1) is 0 Å². The Kier molecular flexibility index (Phi) is 4.75. The van der Waals surface area contributed by atoms with Crippen LogP contribution in [0.2, 0.25) is 0 Å². The van der Waals surface area contributed by atoms with Crippen molar-refractivity contribution in [3.63, 3.8) is 0 Å². The Morgan fingerprint density at radius 1 is 1.33 bits per heavy atom. The van der Waals surface area contributed by atoms with Crippen LogP contribution in [0.25, 0.3) is 11.3 Å². The number of anilines is 1. The highest BCUT2D eigenvalue weighted by Gasteiger charge is 2.36. The molecule has 2 unspecified atom stereocenters. The molecule has 0 saturated carbocycles. The number of pyridine rings is 1. The first kappa shape index (κ1) is 17.8. The van der Waals surface area contributed by atoms with Crippen molar-refractivity contribution >= 4 is 11.9 Å². The second-order valence-electron chi connectivity index (χ2n) is 7.70. The second-order valence-corrected chi connectivity index (χ2v) is 7.70. The quantitative estimate of drug-likeness (QED) is 0.746. The topological polar surface area (TPSA) is 109 Å². The Bertz CT molecular complexity index is 839. The van der Waals surface area contributed by atoms with Gasteiger partial charge in [0.2, 0.25) is 11.9 Å². The maximum absolute atomic E-state index is 13.0. The van der Waals surface area contributed by atoms with Crippen LogP contribution in [0, 0.1) is 5.92 Å². The number of carbonyl (C=O) groups is 1. The molecule has 2 aromatic rings. The molecule has 0 bridgehead atoms. The van der Waals surface area contributed by atoms with Crippen LogP contribution in [0.3, 0.4) is 0 Å². The molecule has 8 nitrogen and oxygen atoms in total. The zero-order valence-corrected chi connectivity index (χ0v) is 15.6. The summed E-state index contributed by atoms with van der Waals surface area (Å²) in [5.41, 5.74) is 15.7. The van der Waals surface area contributed by atoms with Crippen molar-refractivity contribution in [3.05, 3.63) is 35.8 Å². The van der Waals surface area contributed by atoms with Crippen LogP contribution in [0.1, 0.15) is 37.9 Å². The Morgan fingerprint density at radius 3 is 2.93 bits per heavy atom. The van der Waals surface area contributed by atoms with E-state index in [0.29, 0.717) is 25.0 Å². The summed E-state index contributed by atoms with van der Waals surface area (Å²) in [6.07, 6.45) is 5.32. The van der Waals surface area contributed by atoms with E-state index in [1.54, 1.807) is 12.4 Å². The summed E-state index contributed by atoms with van der Waals surface area (Å²) in [5.74, 6) is 0.900. The van der Waals surface area contributed by atoms with E-state index in [9.17, 15) is 4.79 Å². The lowest BCUT2D eigenvalue weighted by Crippen LogP contribution is -2.43. The van der Waals surface area contributed by atoms with E-state index in [4.69, 9.17) is 5.73 Å². The Hall–Kier alpha value is -2.58. The average Bonchev–Trinajstić information content (AvgIpc) is 3.27. The lowest BCUT2D eigenvalue weighted by Gasteiger charge is -2.19. The average molecular weight is 367 g/mol. The number of nitrogens with two attached hydrogens (primary N) is 1. The van der Waals surface area contributed by atoms with Crippen molar-refractivity contribution in [2.45, 2.75) is 51.9 Å². The highest BCUT2D eigenvalue weighted by Crippen LogP contribution is 2.31. The van der Waals surface area contributed by atoms with Crippen molar-refractivity contribution in [2.24, 2.45) is 5.92 Å². The minimum Gasteiger partial charge on any atom is -0.368 e. The van der Waals surface area contributed by atoms with Gasteiger partial charge in [-0.05, 0) is 30.9 Å². The number of carbonyl (C=O) groups excluding carboxylic acids is 1. The molecule has 1 fully saturated rings. The number of nitrogens with zero attached hydrogens (tertiary/aromatic N) is 4.